The van der Waals surface area contributed by atoms with Crippen molar-refractivity contribution in [1.82, 2.24) is 4.90 Å². The lowest BCUT2D eigenvalue weighted by Gasteiger charge is -2.31. The molecule has 1 aromatic carbocycles. The molecule has 1 atom stereocenters. The first kappa shape index (κ1) is 18.8. The summed E-state index contributed by atoms with van der Waals surface area (Å²) in [7, 11) is 0. The quantitative estimate of drug-likeness (QED) is 0.754. The van der Waals surface area contributed by atoms with Crippen molar-refractivity contribution in [2.45, 2.75) is 23.5 Å². The second-order valence-electron chi connectivity index (χ2n) is 5.96. The molecule has 26 heavy (non-hydrogen) atoms. The van der Waals surface area contributed by atoms with Crippen molar-refractivity contribution in [3.05, 3.63) is 46.7 Å². The highest BCUT2D eigenvalue weighted by molar-refractivity contribution is 7.99. The number of hydrogen-bond donors (Lipinski definition) is 1. The van der Waals surface area contributed by atoms with Crippen molar-refractivity contribution < 1.29 is 18.4 Å². The topological polar surface area (TPSA) is 49.4 Å². The van der Waals surface area contributed by atoms with Gasteiger partial charge in [0.1, 0.15) is 0 Å². The number of nitrogens with zero attached hydrogens (tertiary/aromatic N) is 1. The molecule has 3 rings (SSSR count). The third-order valence-corrected chi connectivity index (χ3v) is 5.74. The van der Waals surface area contributed by atoms with E-state index in [0.717, 1.165) is 12.8 Å². The summed E-state index contributed by atoms with van der Waals surface area (Å²) in [6.45, 7) is 1.04. The number of thiophene rings is 1. The standard InChI is InChI=1S/C18H18F2N2O2S2/c19-18(20)26-14-7-5-13(6-8-14)21-16(23)12-3-1-9-22(11-12)17(24)15-4-2-10-25-15/h2,4-8,10,12,18H,1,3,9,11H2,(H,21,23). The van der Waals surface area contributed by atoms with Crippen LogP contribution in [0.2, 0.25) is 0 Å². The van der Waals surface area contributed by atoms with E-state index in [1.165, 1.54) is 11.3 Å². The first-order chi connectivity index (χ1) is 12.5. The van der Waals surface area contributed by atoms with Crippen molar-refractivity contribution in [2.75, 3.05) is 18.4 Å². The van der Waals surface area contributed by atoms with Crippen molar-refractivity contribution in [3.63, 3.8) is 0 Å². The monoisotopic (exact) mass is 396 g/mol. The molecule has 0 spiro atoms. The summed E-state index contributed by atoms with van der Waals surface area (Å²) in [4.78, 5) is 27.8. The number of hydrogen-bond acceptors (Lipinski definition) is 4. The minimum absolute atomic E-state index is 0.0362. The highest BCUT2D eigenvalue weighted by atomic mass is 32.2. The maximum atomic E-state index is 12.5. The van der Waals surface area contributed by atoms with Gasteiger partial charge in [0.15, 0.2) is 0 Å². The molecule has 2 heterocycles. The predicted molar refractivity (Wildman–Crippen MR) is 99.9 cm³/mol. The molecule has 0 aliphatic carbocycles. The van der Waals surface area contributed by atoms with Gasteiger partial charge in [0.05, 0.1) is 10.8 Å². The summed E-state index contributed by atoms with van der Waals surface area (Å²) in [5.74, 6) is -2.93. The lowest BCUT2D eigenvalue weighted by molar-refractivity contribution is -0.121. The summed E-state index contributed by atoms with van der Waals surface area (Å²) in [5, 5.41) is 4.67. The highest BCUT2D eigenvalue weighted by Gasteiger charge is 2.29. The number of halogens is 2. The van der Waals surface area contributed by atoms with Crippen LogP contribution in [-0.2, 0) is 4.79 Å². The molecule has 0 bridgehead atoms. The number of anilines is 1. The maximum absolute atomic E-state index is 12.5. The van der Waals surface area contributed by atoms with Gasteiger partial charge in [0, 0.05) is 23.7 Å². The first-order valence-electron chi connectivity index (χ1n) is 8.21. The molecule has 1 aliphatic heterocycles. The minimum atomic E-state index is -2.47. The SMILES string of the molecule is O=C(Nc1ccc(SC(F)F)cc1)C1CCCN(C(=O)c2cccs2)C1. The Labute approximate surface area is 158 Å². The van der Waals surface area contributed by atoms with E-state index >= 15 is 0 Å². The van der Waals surface area contributed by atoms with Crippen LogP contribution >= 0.6 is 23.1 Å². The van der Waals surface area contributed by atoms with Crippen molar-refractivity contribution >= 4 is 40.6 Å². The molecule has 1 unspecified atom stereocenters. The molecule has 1 fully saturated rings. The summed E-state index contributed by atoms with van der Waals surface area (Å²) in [6, 6.07) is 9.96. The van der Waals surface area contributed by atoms with Crippen LogP contribution < -0.4 is 5.32 Å². The van der Waals surface area contributed by atoms with Crippen LogP contribution in [0.15, 0.2) is 46.7 Å². The number of piperidine rings is 1. The van der Waals surface area contributed by atoms with E-state index in [4.69, 9.17) is 0 Å². The largest absolute Gasteiger partial charge is 0.337 e. The molecular formula is C18H18F2N2O2S2. The average molecular weight is 396 g/mol. The molecule has 0 radical (unpaired) electrons. The Morgan fingerprint density at radius 1 is 1.23 bits per heavy atom. The Kier molecular flexibility index (Phi) is 6.26. The van der Waals surface area contributed by atoms with Gasteiger partial charge in [0.25, 0.3) is 11.7 Å². The maximum Gasteiger partial charge on any atom is 0.288 e. The Bertz CT molecular complexity index is 751. The number of thioether (sulfide) groups is 1. The molecule has 1 aromatic heterocycles. The first-order valence-corrected chi connectivity index (χ1v) is 9.97. The summed E-state index contributed by atoms with van der Waals surface area (Å²) >= 11 is 1.86. The zero-order valence-corrected chi connectivity index (χ0v) is 15.5. The molecule has 0 saturated carbocycles. The number of likely N-dealkylation sites (tertiary alicyclic amines) is 1. The van der Waals surface area contributed by atoms with Crippen LogP contribution in [0, 0.1) is 5.92 Å². The minimum Gasteiger partial charge on any atom is -0.337 e. The van der Waals surface area contributed by atoms with E-state index in [1.54, 1.807) is 35.2 Å². The van der Waals surface area contributed by atoms with Crippen LogP contribution in [0.5, 0.6) is 0 Å². The zero-order chi connectivity index (χ0) is 18.5. The summed E-state index contributed by atoms with van der Waals surface area (Å²) < 4.78 is 24.7. The van der Waals surface area contributed by atoms with Gasteiger partial charge in [0.2, 0.25) is 5.91 Å². The summed E-state index contributed by atoms with van der Waals surface area (Å²) in [6.07, 6.45) is 1.50. The van der Waals surface area contributed by atoms with Crippen LogP contribution in [0.3, 0.4) is 0 Å². The number of alkyl halides is 2. The molecule has 138 valence electrons. The fourth-order valence-electron chi connectivity index (χ4n) is 2.90. The van der Waals surface area contributed by atoms with Crippen LogP contribution in [0.1, 0.15) is 22.5 Å². The Hall–Kier alpha value is -1.93. The lowest BCUT2D eigenvalue weighted by atomic mass is 9.97. The Morgan fingerprint density at radius 3 is 2.65 bits per heavy atom. The lowest BCUT2D eigenvalue weighted by Crippen LogP contribution is -2.43. The molecule has 2 amide bonds. The van der Waals surface area contributed by atoms with Gasteiger partial charge in [-0.15, -0.1) is 11.3 Å². The molecule has 1 N–H and O–H groups in total. The molecular weight excluding hydrogens is 378 g/mol. The van der Waals surface area contributed by atoms with Crippen LogP contribution in [-0.4, -0.2) is 35.6 Å². The van der Waals surface area contributed by atoms with E-state index in [0.29, 0.717) is 40.3 Å². The van der Waals surface area contributed by atoms with Crippen LogP contribution in [0.25, 0.3) is 0 Å². The fraction of sp³-hybridized carbons (Fsp3) is 0.333. The van der Waals surface area contributed by atoms with Gasteiger partial charge in [-0.3, -0.25) is 9.59 Å². The number of nitrogens with one attached hydrogen (secondary N) is 1. The number of benzene rings is 1. The Morgan fingerprint density at radius 2 is 2.00 bits per heavy atom. The van der Waals surface area contributed by atoms with Crippen molar-refractivity contribution in [2.24, 2.45) is 5.92 Å². The zero-order valence-electron chi connectivity index (χ0n) is 13.9. The number of carbonyl (C=O) groups is 2. The molecule has 4 nitrogen and oxygen atoms in total. The van der Waals surface area contributed by atoms with Gasteiger partial charge in [-0.2, -0.15) is 8.78 Å². The third-order valence-electron chi connectivity index (χ3n) is 4.16. The van der Waals surface area contributed by atoms with Crippen molar-refractivity contribution in [1.29, 1.82) is 0 Å². The highest BCUT2D eigenvalue weighted by Crippen LogP contribution is 2.27. The fourth-order valence-corrected chi connectivity index (χ4v) is 4.09. The van der Waals surface area contributed by atoms with Gasteiger partial charge in [-0.25, -0.2) is 0 Å². The van der Waals surface area contributed by atoms with E-state index in [-0.39, 0.29) is 17.7 Å². The third kappa shape index (κ3) is 4.82. The molecule has 1 saturated heterocycles. The van der Waals surface area contributed by atoms with Crippen molar-refractivity contribution in [3.8, 4) is 0 Å². The number of amides is 2. The van der Waals surface area contributed by atoms with Gasteiger partial charge < -0.3 is 10.2 Å². The molecule has 1 aliphatic rings. The number of rotatable bonds is 5. The normalized spacial score (nSPS) is 17.3. The molecule has 2 aromatic rings. The van der Waals surface area contributed by atoms with Gasteiger partial charge in [-0.1, -0.05) is 17.8 Å². The average Bonchev–Trinajstić information content (AvgIpc) is 3.17. The second-order valence-corrected chi connectivity index (χ2v) is 7.97. The molecule has 8 heteroatoms. The van der Waals surface area contributed by atoms with E-state index in [9.17, 15) is 18.4 Å². The van der Waals surface area contributed by atoms with E-state index < -0.39 is 5.76 Å². The predicted octanol–water partition coefficient (Wildman–Crippen LogP) is 4.55. The smallest absolute Gasteiger partial charge is 0.288 e. The number of carbonyl (C=O) groups excluding carboxylic acids is 2. The Balaban J connectivity index is 1.58. The van der Waals surface area contributed by atoms with Gasteiger partial charge >= 0.3 is 0 Å². The van der Waals surface area contributed by atoms with E-state index in [1.807, 2.05) is 11.4 Å². The second kappa shape index (κ2) is 8.64. The van der Waals surface area contributed by atoms with Crippen LogP contribution in [0.4, 0.5) is 14.5 Å². The summed E-state index contributed by atoms with van der Waals surface area (Å²) in [5.41, 5.74) is 0.565. The van der Waals surface area contributed by atoms with Gasteiger partial charge in [-0.05, 0) is 48.6 Å². The van der Waals surface area contributed by atoms with E-state index in [2.05, 4.69) is 5.32 Å².